The first kappa shape index (κ1) is 54.3. The average molecular weight is 907 g/mol. The fraction of sp³-hybridized carbons (Fsp3) is 0.500. The van der Waals surface area contributed by atoms with Crippen molar-refractivity contribution in [2.75, 3.05) is 0 Å². The molecule has 13 heteroatoms. The van der Waals surface area contributed by atoms with Gasteiger partial charge in [-0.2, -0.15) is 8.42 Å². The first-order chi connectivity index (χ1) is 28.8. The Morgan fingerprint density at radius 2 is 0.836 bits per heavy atom. The van der Waals surface area contributed by atoms with Gasteiger partial charge in [0.25, 0.3) is 10.1 Å². The first-order valence-electron chi connectivity index (χ1n) is 21.9. The summed E-state index contributed by atoms with van der Waals surface area (Å²) in [4.78, 5) is -0.650. The van der Waals surface area contributed by atoms with E-state index in [1.54, 1.807) is 24.3 Å². The molecule has 61 heavy (non-hydrogen) atoms. The molecule has 0 aliphatic carbocycles. The van der Waals surface area contributed by atoms with Crippen molar-refractivity contribution in [3.8, 4) is 34.5 Å². The first-order valence-corrected chi connectivity index (χ1v) is 24.8. The van der Waals surface area contributed by atoms with Crippen molar-refractivity contribution < 1.29 is 45.6 Å². The third-order valence-corrected chi connectivity index (χ3v) is 12.1. The molecular weight excluding hydrogens is 841 g/mol. The molecule has 0 saturated carbocycles. The van der Waals surface area contributed by atoms with Crippen LogP contribution >= 0.6 is 0 Å². The molecule has 0 atom stereocenters. The smallest absolute Gasteiger partial charge is 0.872 e. The number of phenols is 1. The Morgan fingerprint density at radius 1 is 0.492 bits per heavy atom. The van der Waals surface area contributed by atoms with E-state index in [4.69, 9.17) is 9.47 Å². The zero-order valence-electron chi connectivity index (χ0n) is 36.3. The summed E-state index contributed by atoms with van der Waals surface area (Å²) in [6.07, 6.45) is 26.7. The predicted molar refractivity (Wildman–Crippen MR) is 242 cm³/mol. The van der Waals surface area contributed by atoms with Gasteiger partial charge in [-0.3, -0.25) is 4.55 Å². The number of benzene rings is 4. The molecule has 2 N–H and O–H groups in total. The number of ether oxygens (including phenoxy) is 2. The van der Waals surface area contributed by atoms with E-state index in [2.05, 4.69) is 13.8 Å². The minimum atomic E-state index is -4.66. The molecule has 0 fully saturated rings. The van der Waals surface area contributed by atoms with Crippen LogP contribution in [0.15, 0.2) is 94.7 Å². The van der Waals surface area contributed by atoms with E-state index in [-0.39, 0.29) is 70.5 Å². The molecule has 0 spiro atoms. The Balaban J connectivity index is 0.000000413. The van der Waals surface area contributed by atoms with Crippen LogP contribution in [0.3, 0.4) is 0 Å². The molecule has 332 valence electrons. The predicted octanol–water partition coefficient (Wildman–Crippen LogP) is 12.4. The summed E-state index contributed by atoms with van der Waals surface area (Å²) < 4.78 is 78.9. The molecule has 0 bridgehead atoms. The summed E-state index contributed by atoms with van der Waals surface area (Å²) in [6, 6.07) is 20.9. The Labute approximate surface area is 396 Å². The second-order valence-electron chi connectivity index (χ2n) is 15.5. The summed E-state index contributed by atoms with van der Waals surface area (Å²) in [5.41, 5.74) is 1.90. The molecule has 0 amide bonds. The zero-order valence-corrected chi connectivity index (χ0v) is 40.2. The van der Waals surface area contributed by atoms with E-state index in [1.165, 1.54) is 163 Å². The van der Waals surface area contributed by atoms with Crippen LogP contribution in [0.25, 0.3) is 0 Å². The van der Waals surface area contributed by atoms with E-state index in [1.807, 2.05) is 0 Å². The number of unbranched alkanes of at least 4 members (excludes halogenated alkanes) is 18. The van der Waals surface area contributed by atoms with Gasteiger partial charge < -0.3 is 24.2 Å². The fourth-order valence-electron chi connectivity index (χ4n) is 6.90. The van der Waals surface area contributed by atoms with Gasteiger partial charge in [0, 0.05) is 0 Å². The number of aromatic hydroxyl groups is 1. The Kier molecular flexibility index (Phi) is 27.0. The van der Waals surface area contributed by atoms with Crippen LogP contribution in [0.4, 0.5) is 0 Å². The number of rotatable bonds is 28. The van der Waals surface area contributed by atoms with Crippen molar-refractivity contribution >= 4 is 58.0 Å². The van der Waals surface area contributed by atoms with Crippen molar-refractivity contribution in [3.05, 3.63) is 96.1 Å². The Bertz CT molecular complexity index is 1870. The van der Waals surface area contributed by atoms with Gasteiger partial charge in [0.15, 0.2) is 0 Å². The normalized spacial score (nSPS) is 11.3. The van der Waals surface area contributed by atoms with Crippen molar-refractivity contribution in [3.63, 3.8) is 0 Å². The Hall–Kier alpha value is -2.84. The van der Waals surface area contributed by atoms with Gasteiger partial charge in [0.2, 0.25) is 0 Å². The van der Waals surface area contributed by atoms with Crippen LogP contribution in [0.2, 0.25) is 0 Å². The van der Waals surface area contributed by atoms with Gasteiger partial charge >= 0.3 is 37.7 Å². The van der Waals surface area contributed by atoms with Gasteiger partial charge in [0.05, 0.1) is 4.90 Å². The van der Waals surface area contributed by atoms with E-state index in [0.29, 0.717) is 11.5 Å². The average Bonchev–Trinajstić information content (AvgIpc) is 3.20. The van der Waals surface area contributed by atoms with E-state index >= 15 is 0 Å². The minimum Gasteiger partial charge on any atom is -0.872 e. The van der Waals surface area contributed by atoms with Crippen LogP contribution in [0.5, 0.6) is 34.5 Å². The maximum Gasteiger partial charge on any atom is 2.00 e. The number of phenolic OH excluding ortho intramolecular Hbond substituents is 1. The molecule has 0 heterocycles. The van der Waals surface area contributed by atoms with Gasteiger partial charge in [-0.15, -0.1) is 5.75 Å². The SMILES string of the molecule is CCCCCCCCCCCCc1ccc(S(=O)(=O)O)c(Oc2ccc(O)cc2)c1.CCCCCCCCCCCCc1ccc(S(=O)(=O)[O-])c(Oc2ccc([O-])cc2)c1.[Ca+2]. The van der Waals surface area contributed by atoms with Crippen molar-refractivity contribution in [1.29, 1.82) is 0 Å². The van der Waals surface area contributed by atoms with Crippen LogP contribution in [-0.4, -0.2) is 68.8 Å². The Morgan fingerprint density at radius 3 is 1.21 bits per heavy atom. The summed E-state index contributed by atoms with van der Waals surface area (Å²) in [5, 5.41) is 20.6. The second-order valence-corrected chi connectivity index (χ2v) is 18.3. The maximum atomic E-state index is 11.7. The van der Waals surface area contributed by atoms with Gasteiger partial charge in [0.1, 0.15) is 43.8 Å². The molecule has 0 aromatic heterocycles. The minimum absolute atomic E-state index is 0. The molecule has 0 radical (unpaired) electrons. The van der Waals surface area contributed by atoms with E-state index in [0.717, 1.165) is 49.7 Å². The molecule has 0 aliphatic heterocycles. The maximum absolute atomic E-state index is 11.7. The van der Waals surface area contributed by atoms with E-state index < -0.39 is 20.2 Å². The summed E-state index contributed by atoms with van der Waals surface area (Å²) in [5.74, 6) is 0.714. The molecule has 4 rings (SSSR count). The zero-order chi connectivity index (χ0) is 43.6. The van der Waals surface area contributed by atoms with Crippen LogP contribution < -0.4 is 14.6 Å². The van der Waals surface area contributed by atoms with Crippen molar-refractivity contribution in [1.82, 2.24) is 0 Å². The van der Waals surface area contributed by atoms with E-state index in [9.17, 15) is 36.2 Å². The molecule has 4 aromatic carbocycles. The standard InChI is InChI=1S/2C24H34O5S.Ca/c2*1-2-3-4-5-6-7-8-9-10-11-12-20-13-18-24(30(26,27)28)23(19-20)29-22-16-14-21(25)15-17-22;/h2*13-19,25H,2-12H2,1H3,(H,26,27,28);/q;;+2/p-2. The molecule has 4 aromatic rings. The van der Waals surface area contributed by atoms with Gasteiger partial charge in [-0.1, -0.05) is 154 Å². The quantitative estimate of drug-likeness (QED) is 0.0317. The van der Waals surface area contributed by atoms with Gasteiger partial charge in [-0.05, 0) is 97.5 Å². The van der Waals surface area contributed by atoms with Crippen molar-refractivity contribution in [2.45, 2.75) is 165 Å². The molecule has 10 nitrogen and oxygen atoms in total. The summed E-state index contributed by atoms with van der Waals surface area (Å²) >= 11 is 0. The molecule has 0 saturated heterocycles. The summed E-state index contributed by atoms with van der Waals surface area (Å²) in [7, 11) is -9.06. The van der Waals surface area contributed by atoms with Crippen molar-refractivity contribution in [2.24, 2.45) is 0 Å². The third-order valence-electron chi connectivity index (χ3n) is 10.3. The topological polar surface area (TPSA) is 173 Å². The number of hydrogen-bond donors (Lipinski definition) is 2. The van der Waals surface area contributed by atoms with Gasteiger partial charge in [-0.25, -0.2) is 8.42 Å². The fourth-order valence-corrected chi connectivity index (χ4v) is 8.08. The van der Waals surface area contributed by atoms with Crippen LogP contribution in [-0.2, 0) is 33.1 Å². The van der Waals surface area contributed by atoms with Crippen LogP contribution in [0.1, 0.15) is 153 Å². The van der Waals surface area contributed by atoms with Crippen LogP contribution in [0, 0.1) is 0 Å². The monoisotopic (exact) mass is 906 g/mol. The second kappa shape index (κ2) is 30.3. The third kappa shape index (κ3) is 22.9. The largest absolute Gasteiger partial charge is 2.00 e. The number of aryl methyl sites for hydroxylation is 2. The molecular formula is C48H66CaO10S2. The molecule has 0 unspecified atom stereocenters. The molecule has 0 aliphatic rings. The summed E-state index contributed by atoms with van der Waals surface area (Å²) in [6.45, 7) is 4.46. The number of hydrogen-bond acceptors (Lipinski definition) is 9.